The van der Waals surface area contributed by atoms with Gasteiger partial charge in [-0.25, -0.2) is 8.42 Å². The van der Waals surface area contributed by atoms with Gasteiger partial charge in [-0.15, -0.1) is 0 Å². The van der Waals surface area contributed by atoms with Crippen molar-refractivity contribution >= 4 is 9.84 Å². The third-order valence-corrected chi connectivity index (χ3v) is 5.55. The molecule has 0 aliphatic carbocycles. The second-order valence-electron chi connectivity index (χ2n) is 5.89. The van der Waals surface area contributed by atoms with Crippen LogP contribution in [-0.2, 0) is 14.6 Å². The SMILES string of the molecule is CCCNC(CC(C)(C)OC)C1CCS(=O)(=O)C1. The Kier molecular flexibility index (Phi) is 5.62. The highest BCUT2D eigenvalue weighted by Crippen LogP contribution is 2.27. The molecular formula is C13H27NO3S. The molecule has 2 atom stereocenters. The number of rotatable bonds is 7. The molecule has 1 fully saturated rings. The van der Waals surface area contributed by atoms with Crippen molar-refractivity contribution in [1.29, 1.82) is 0 Å². The second kappa shape index (κ2) is 6.35. The van der Waals surface area contributed by atoms with Crippen LogP contribution in [0.3, 0.4) is 0 Å². The van der Waals surface area contributed by atoms with E-state index in [1.807, 2.05) is 0 Å². The van der Waals surface area contributed by atoms with Crippen LogP contribution in [0.1, 0.15) is 40.0 Å². The van der Waals surface area contributed by atoms with E-state index in [0.717, 1.165) is 25.8 Å². The molecule has 1 aliphatic rings. The maximum atomic E-state index is 11.6. The predicted octanol–water partition coefficient (Wildman–Crippen LogP) is 1.60. The van der Waals surface area contributed by atoms with Gasteiger partial charge in [0, 0.05) is 13.2 Å². The van der Waals surface area contributed by atoms with E-state index in [2.05, 4.69) is 26.1 Å². The van der Waals surface area contributed by atoms with Crippen LogP contribution in [0.5, 0.6) is 0 Å². The molecule has 1 saturated heterocycles. The highest BCUT2D eigenvalue weighted by Gasteiger charge is 2.36. The first kappa shape index (κ1) is 15.9. The Hall–Kier alpha value is -0.130. The molecule has 4 nitrogen and oxygen atoms in total. The first-order chi connectivity index (χ1) is 8.29. The number of nitrogens with one attached hydrogen (secondary N) is 1. The van der Waals surface area contributed by atoms with Crippen molar-refractivity contribution in [2.24, 2.45) is 5.92 Å². The zero-order valence-electron chi connectivity index (χ0n) is 12.0. The molecule has 0 bridgehead atoms. The van der Waals surface area contributed by atoms with Crippen LogP contribution in [0.15, 0.2) is 0 Å². The minimum absolute atomic E-state index is 0.211. The van der Waals surface area contributed by atoms with Crippen LogP contribution in [-0.4, -0.2) is 45.2 Å². The molecule has 18 heavy (non-hydrogen) atoms. The van der Waals surface area contributed by atoms with Gasteiger partial charge in [-0.2, -0.15) is 0 Å². The second-order valence-corrected chi connectivity index (χ2v) is 8.12. The largest absolute Gasteiger partial charge is 0.379 e. The fourth-order valence-corrected chi connectivity index (χ4v) is 4.37. The molecule has 0 aromatic carbocycles. The molecule has 0 radical (unpaired) electrons. The molecular weight excluding hydrogens is 250 g/mol. The van der Waals surface area contributed by atoms with E-state index in [-0.39, 0.29) is 17.6 Å². The fourth-order valence-electron chi connectivity index (χ4n) is 2.49. The Morgan fingerprint density at radius 1 is 1.44 bits per heavy atom. The normalized spacial score (nSPS) is 25.2. The number of sulfone groups is 1. The smallest absolute Gasteiger partial charge is 0.150 e. The lowest BCUT2D eigenvalue weighted by Gasteiger charge is -2.32. The van der Waals surface area contributed by atoms with E-state index in [4.69, 9.17) is 4.74 Å². The van der Waals surface area contributed by atoms with Crippen molar-refractivity contribution in [3.8, 4) is 0 Å². The van der Waals surface area contributed by atoms with Crippen LogP contribution in [0, 0.1) is 5.92 Å². The average molecular weight is 277 g/mol. The first-order valence-corrected chi connectivity index (χ1v) is 8.61. The molecule has 0 spiro atoms. The zero-order valence-corrected chi connectivity index (χ0v) is 12.8. The standard InChI is InChI=1S/C13H27NO3S/c1-5-7-14-12(9-13(2,3)17-4)11-6-8-18(15,16)10-11/h11-12,14H,5-10H2,1-4H3. The van der Waals surface area contributed by atoms with E-state index in [0.29, 0.717) is 11.5 Å². The summed E-state index contributed by atoms with van der Waals surface area (Å²) in [6.07, 6.45) is 2.69. The molecule has 108 valence electrons. The summed E-state index contributed by atoms with van der Waals surface area (Å²) in [5, 5.41) is 3.50. The number of hydrogen-bond acceptors (Lipinski definition) is 4. The monoisotopic (exact) mass is 277 g/mol. The molecule has 0 aromatic heterocycles. The van der Waals surface area contributed by atoms with Crippen molar-refractivity contribution in [2.45, 2.75) is 51.7 Å². The minimum atomic E-state index is -2.81. The Balaban J connectivity index is 2.67. The van der Waals surface area contributed by atoms with Gasteiger partial charge in [0.25, 0.3) is 0 Å². The lowest BCUT2D eigenvalue weighted by Crippen LogP contribution is -2.43. The van der Waals surface area contributed by atoms with Gasteiger partial charge >= 0.3 is 0 Å². The summed E-state index contributed by atoms with van der Waals surface area (Å²) in [6.45, 7) is 7.16. The Labute approximate surface area is 111 Å². The average Bonchev–Trinajstić information content (AvgIpc) is 2.65. The molecule has 0 saturated carbocycles. The molecule has 1 heterocycles. The predicted molar refractivity (Wildman–Crippen MR) is 74.5 cm³/mol. The maximum absolute atomic E-state index is 11.6. The van der Waals surface area contributed by atoms with Gasteiger partial charge in [-0.05, 0) is 45.6 Å². The van der Waals surface area contributed by atoms with Gasteiger partial charge in [0.2, 0.25) is 0 Å². The van der Waals surface area contributed by atoms with Crippen LogP contribution in [0.2, 0.25) is 0 Å². The zero-order chi connectivity index (χ0) is 13.8. The van der Waals surface area contributed by atoms with Gasteiger partial charge in [0.05, 0.1) is 17.1 Å². The van der Waals surface area contributed by atoms with E-state index in [9.17, 15) is 8.42 Å². The molecule has 0 amide bonds. The van der Waals surface area contributed by atoms with Crippen molar-refractivity contribution in [3.05, 3.63) is 0 Å². The van der Waals surface area contributed by atoms with Crippen LogP contribution < -0.4 is 5.32 Å². The maximum Gasteiger partial charge on any atom is 0.150 e. The Morgan fingerprint density at radius 2 is 2.11 bits per heavy atom. The van der Waals surface area contributed by atoms with E-state index in [1.165, 1.54) is 0 Å². The molecule has 0 aromatic rings. The van der Waals surface area contributed by atoms with E-state index >= 15 is 0 Å². The van der Waals surface area contributed by atoms with Crippen LogP contribution in [0.25, 0.3) is 0 Å². The lowest BCUT2D eigenvalue weighted by atomic mass is 9.89. The summed E-state index contributed by atoms with van der Waals surface area (Å²) < 4.78 is 28.7. The molecule has 1 N–H and O–H groups in total. The third-order valence-electron chi connectivity index (χ3n) is 3.76. The highest BCUT2D eigenvalue weighted by atomic mass is 32.2. The third kappa shape index (κ3) is 4.86. The molecule has 1 aliphatic heterocycles. The summed E-state index contributed by atoms with van der Waals surface area (Å²) in [7, 11) is -1.10. The van der Waals surface area contributed by atoms with Crippen molar-refractivity contribution in [3.63, 3.8) is 0 Å². The van der Waals surface area contributed by atoms with Gasteiger partial charge in [-0.1, -0.05) is 6.92 Å². The van der Waals surface area contributed by atoms with Crippen LogP contribution >= 0.6 is 0 Å². The van der Waals surface area contributed by atoms with Crippen molar-refractivity contribution in [1.82, 2.24) is 5.32 Å². The first-order valence-electron chi connectivity index (χ1n) is 6.78. The van der Waals surface area contributed by atoms with Gasteiger partial charge in [-0.3, -0.25) is 0 Å². The molecule has 2 unspecified atom stereocenters. The molecule has 1 rings (SSSR count). The van der Waals surface area contributed by atoms with Crippen molar-refractivity contribution in [2.75, 3.05) is 25.2 Å². The lowest BCUT2D eigenvalue weighted by molar-refractivity contribution is 0.00253. The Bertz CT molecular complexity index is 351. The summed E-state index contributed by atoms with van der Waals surface area (Å²) in [5.74, 6) is 0.903. The summed E-state index contributed by atoms with van der Waals surface area (Å²) in [4.78, 5) is 0. The summed E-state index contributed by atoms with van der Waals surface area (Å²) in [5.41, 5.74) is -0.211. The number of ether oxygens (including phenoxy) is 1. The van der Waals surface area contributed by atoms with Gasteiger partial charge < -0.3 is 10.1 Å². The molecule has 5 heteroatoms. The quantitative estimate of drug-likeness (QED) is 0.768. The summed E-state index contributed by atoms with van der Waals surface area (Å²) in [6, 6.07) is 0.233. The highest BCUT2D eigenvalue weighted by molar-refractivity contribution is 7.91. The number of methoxy groups -OCH3 is 1. The summed E-state index contributed by atoms with van der Waals surface area (Å²) >= 11 is 0. The topological polar surface area (TPSA) is 55.4 Å². The van der Waals surface area contributed by atoms with Gasteiger partial charge in [0.15, 0.2) is 9.84 Å². The van der Waals surface area contributed by atoms with E-state index in [1.54, 1.807) is 7.11 Å². The van der Waals surface area contributed by atoms with Gasteiger partial charge in [0.1, 0.15) is 0 Å². The Morgan fingerprint density at radius 3 is 2.56 bits per heavy atom. The number of hydrogen-bond donors (Lipinski definition) is 1. The van der Waals surface area contributed by atoms with Crippen LogP contribution in [0.4, 0.5) is 0 Å². The minimum Gasteiger partial charge on any atom is -0.379 e. The van der Waals surface area contributed by atoms with Crippen molar-refractivity contribution < 1.29 is 13.2 Å². The van der Waals surface area contributed by atoms with E-state index < -0.39 is 9.84 Å². The fraction of sp³-hybridized carbons (Fsp3) is 1.00.